The maximum Gasteiger partial charge on any atom is 0.493 e. The molecule has 9 heteroatoms. The predicted octanol–water partition coefficient (Wildman–Crippen LogP) is 4.88. The van der Waals surface area contributed by atoms with E-state index in [2.05, 4.69) is 71.2 Å². The van der Waals surface area contributed by atoms with Crippen molar-refractivity contribution >= 4 is 39.7 Å². The molecule has 0 aromatic heterocycles. The number of allylic oxidation sites excluding steroid dienone is 1. The summed E-state index contributed by atoms with van der Waals surface area (Å²) < 4.78 is 20.1. The van der Waals surface area contributed by atoms with Crippen LogP contribution in [-0.2, 0) is 17.1 Å². The molecule has 0 bridgehead atoms. The van der Waals surface area contributed by atoms with Gasteiger partial charge >= 0.3 is 8.80 Å². The Morgan fingerprint density at radius 1 is 0.885 bits per heavy atom. The molecule has 1 N–H and O–H groups in total. The highest BCUT2D eigenvalue weighted by Gasteiger charge is 2.56. The van der Waals surface area contributed by atoms with Gasteiger partial charge in [-0.25, -0.2) is 0 Å². The van der Waals surface area contributed by atoms with Crippen LogP contribution in [-0.4, -0.2) is 45.3 Å². The first-order chi connectivity index (χ1) is 11.4. The SMILES string of the molecule is C/C=C(\C)C(=O)NC(CC)[Si](O[Si](C)(C)C)(O[Si](C)(C)C)O[Si](C)(C)C. The fourth-order valence-corrected chi connectivity index (χ4v) is 16.8. The zero-order valence-electron chi connectivity index (χ0n) is 19.0. The van der Waals surface area contributed by atoms with Crippen molar-refractivity contribution in [2.24, 2.45) is 0 Å². The van der Waals surface area contributed by atoms with E-state index in [1.165, 1.54) is 0 Å². The van der Waals surface area contributed by atoms with Crippen LogP contribution in [0.25, 0.3) is 0 Å². The zero-order chi connectivity index (χ0) is 21.0. The number of hydrogen-bond donors (Lipinski definition) is 1. The Morgan fingerprint density at radius 3 is 1.46 bits per heavy atom. The Hall–Kier alpha value is -0.0425. The third kappa shape index (κ3) is 9.77. The summed E-state index contributed by atoms with van der Waals surface area (Å²) in [7, 11) is -9.03. The van der Waals surface area contributed by atoms with Gasteiger partial charge in [0.1, 0.15) is 0 Å². The van der Waals surface area contributed by atoms with Crippen LogP contribution in [0.2, 0.25) is 58.9 Å². The molecule has 5 nitrogen and oxygen atoms in total. The first kappa shape index (κ1) is 26.0. The van der Waals surface area contributed by atoms with Gasteiger partial charge in [-0.2, -0.15) is 0 Å². The van der Waals surface area contributed by atoms with Crippen molar-refractivity contribution in [2.45, 2.75) is 91.8 Å². The topological polar surface area (TPSA) is 56.8 Å². The number of carbonyl (C=O) groups excluding carboxylic acids is 1. The van der Waals surface area contributed by atoms with E-state index in [4.69, 9.17) is 12.3 Å². The van der Waals surface area contributed by atoms with E-state index in [0.717, 1.165) is 0 Å². The molecule has 1 atom stereocenters. The van der Waals surface area contributed by atoms with Crippen LogP contribution >= 0.6 is 0 Å². The summed E-state index contributed by atoms with van der Waals surface area (Å²) >= 11 is 0. The number of nitrogens with one attached hydrogen (secondary N) is 1. The number of hydrogen-bond acceptors (Lipinski definition) is 4. The molecule has 0 aliphatic rings. The van der Waals surface area contributed by atoms with Crippen LogP contribution < -0.4 is 5.32 Å². The monoisotopic (exact) mass is 435 g/mol. The van der Waals surface area contributed by atoms with E-state index in [-0.39, 0.29) is 11.6 Å². The molecule has 0 aromatic rings. The quantitative estimate of drug-likeness (QED) is 0.392. The summed E-state index contributed by atoms with van der Waals surface area (Å²) in [6, 6.07) is 0. The van der Waals surface area contributed by atoms with Crippen LogP contribution in [0.4, 0.5) is 0 Å². The average Bonchev–Trinajstić information content (AvgIpc) is 2.37. The van der Waals surface area contributed by atoms with Crippen LogP contribution in [0.3, 0.4) is 0 Å². The summed E-state index contributed by atoms with van der Waals surface area (Å²) in [5, 5.41) is 3.17. The Labute approximate surface area is 165 Å². The van der Waals surface area contributed by atoms with Crippen LogP contribution in [0.5, 0.6) is 0 Å². The van der Waals surface area contributed by atoms with Crippen molar-refractivity contribution in [1.29, 1.82) is 0 Å². The van der Waals surface area contributed by atoms with Crippen molar-refractivity contribution in [3.8, 4) is 0 Å². The van der Waals surface area contributed by atoms with Gasteiger partial charge in [0.2, 0.25) is 5.91 Å². The van der Waals surface area contributed by atoms with Gasteiger partial charge in [0.05, 0.1) is 5.67 Å². The molecule has 0 spiro atoms. The van der Waals surface area contributed by atoms with Gasteiger partial charge in [-0.05, 0) is 79.2 Å². The van der Waals surface area contributed by atoms with E-state index >= 15 is 0 Å². The van der Waals surface area contributed by atoms with Gasteiger partial charge in [-0.15, -0.1) is 0 Å². The Morgan fingerprint density at radius 2 is 1.23 bits per heavy atom. The number of amides is 1. The molecule has 0 aliphatic carbocycles. The second-order valence-corrected chi connectivity index (χ2v) is 26.7. The largest absolute Gasteiger partial charge is 0.493 e. The standard InChI is InChI=1S/C17H41NO4Si4/c1-13-15(3)17(19)18-16(14-2)26(20-23(4,5)6,21-24(7,8)9)22-25(10,11)12/h13,16H,14H2,1-12H3,(H,18,19)/b15-13+. The molecule has 0 heterocycles. The first-order valence-electron chi connectivity index (χ1n) is 9.49. The molecule has 26 heavy (non-hydrogen) atoms. The molecule has 0 aromatic carbocycles. The molecular formula is C17H41NO4Si4. The Balaban J connectivity index is 6.20. The van der Waals surface area contributed by atoms with Crippen molar-refractivity contribution in [3.05, 3.63) is 11.6 Å². The molecule has 0 saturated carbocycles. The van der Waals surface area contributed by atoms with Gasteiger partial charge in [0, 0.05) is 5.57 Å². The van der Waals surface area contributed by atoms with E-state index in [0.29, 0.717) is 12.0 Å². The smallest absolute Gasteiger partial charge is 0.416 e. The van der Waals surface area contributed by atoms with E-state index in [1.807, 2.05) is 19.9 Å². The molecule has 154 valence electrons. The highest BCUT2D eigenvalue weighted by molar-refractivity contribution is 6.90. The normalized spacial score (nSPS) is 15.8. The maximum atomic E-state index is 12.6. The lowest BCUT2D eigenvalue weighted by Gasteiger charge is -2.46. The third-order valence-electron chi connectivity index (χ3n) is 3.28. The second-order valence-electron chi connectivity index (χ2n) is 9.65. The summed E-state index contributed by atoms with van der Waals surface area (Å²) in [5.41, 5.74) is 0.454. The van der Waals surface area contributed by atoms with Crippen LogP contribution in [0, 0.1) is 0 Å². The van der Waals surface area contributed by atoms with E-state index < -0.39 is 33.8 Å². The van der Waals surface area contributed by atoms with Crippen molar-refractivity contribution < 1.29 is 17.1 Å². The van der Waals surface area contributed by atoms with Gasteiger partial charge in [-0.3, -0.25) is 4.79 Å². The molecule has 1 unspecified atom stereocenters. The van der Waals surface area contributed by atoms with Crippen molar-refractivity contribution in [1.82, 2.24) is 5.32 Å². The summed E-state index contributed by atoms with van der Waals surface area (Å²) in [4.78, 5) is 12.6. The van der Waals surface area contributed by atoms with E-state index in [9.17, 15) is 4.79 Å². The van der Waals surface area contributed by atoms with E-state index in [1.54, 1.807) is 0 Å². The second kappa shape index (κ2) is 9.44. The minimum absolute atomic E-state index is 0.0752. The summed E-state index contributed by atoms with van der Waals surface area (Å²) in [5.74, 6) is -0.0752. The van der Waals surface area contributed by atoms with Crippen LogP contribution in [0.1, 0.15) is 27.2 Å². The minimum Gasteiger partial charge on any atom is -0.416 e. The molecule has 0 rings (SSSR count). The maximum absolute atomic E-state index is 12.6. The predicted molar refractivity (Wildman–Crippen MR) is 121 cm³/mol. The van der Waals surface area contributed by atoms with Gasteiger partial charge < -0.3 is 17.7 Å². The highest BCUT2D eigenvalue weighted by Crippen LogP contribution is 2.29. The number of carbonyl (C=O) groups is 1. The molecule has 0 saturated heterocycles. The van der Waals surface area contributed by atoms with Gasteiger partial charge in [-0.1, -0.05) is 13.0 Å². The molecular weight excluding hydrogens is 395 g/mol. The lowest BCUT2D eigenvalue weighted by molar-refractivity contribution is -0.118. The van der Waals surface area contributed by atoms with Gasteiger partial charge in [0.15, 0.2) is 25.0 Å². The lowest BCUT2D eigenvalue weighted by Crippen LogP contribution is -2.70. The molecule has 0 fully saturated rings. The average molecular weight is 436 g/mol. The summed E-state index contributed by atoms with van der Waals surface area (Å²) in [6.07, 6.45) is 2.54. The van der Waals surface area contributed by atoms with Gasteiger partial charge in [0.25, 0.3) is 0 Å². The lowest BCUT2D eigenvalue weighted by atomic mass is 10.3. The summed E-state index contributed by atoms with van der Waals surface area (Å²) in [6.45, 7) is 25.1. The Bertz CT molecular complexity index is 464. The van der Waals surface area contributed by atoms with Crippen molar-refractivity contribution in [2.75, 3.05) is 0 Å². The number of rotatable bonds is 10. The van der Waals surface area contributed by atoms with Crippen LogP contribution in [0.15, 0.2) is 11.6 Å². The third-order valence-corrected chi connectivity index (χ3v) is 15.4. The molecule has 0 aliphatic heterocycles. The Kier molecular flexibility index (Phi) is 9.42. The fraction of sp³-hybridized carbons (Fsp3) is 0.824. The van der Waals surface area contributed by atoms with Crippen molar-refractivity contribution in [3.63, 3.8) is 0 Å². The fourth-order valence-electron chi connectivity index (χ4n) is 2.40. The highest BCUT2D eigenvalue weighted by atomic mass is 28.5. The zero-order valence-corrected chi connectivity index (χ0v) is 23.0. The molecule has 1 amide bonds. The minimum atomic E-state index is -3.13. The first-order valence-corrected chi connectivity index (χ1v) is 21.5. The molecule has 0 radical (unpaired) electrons.